The first-order valence-corrected chi connectivity index (χ1v) is 8.51. The molecule has 0 spiro atoms. The number of nitrogens with zero attached hydrogens (tertiary/aromatic N) is 1. The van der Waals surface area contributed by atoms with Crippen molar-refractivity contribution in [2.24, 2.45) is 10.9 Å². The molecular formula is C20H22N2O. The quantitative estimate of drug-likeness (QED) is 0.866. The largest absolute Gasteiger partial charge is 0.456 e. The van der Waals surface area contributed by atoms with Crippen molar-refractivity contribution in [1.82, 2.24) is 0 Å². The van der Waals surface area contributed by atoms with Crippen molar-refractivity contribution in [2.75, 3.05) is 5.32 Å². The SMILES string of the molecule is c1ccc(NC2=N[C@@H]3CCCC[C@H]3[C@@H](c3ccccc3)O2)cc1. The minimum absolute atomic E-state index is 0.102. The van der Waals surface area contributed by atoms with Crippen molar-refractivity contribution in [3.63, 3.8) is 0 Å². The van der Waals surface area contributed by atoms with Crippen molar-refractivity contribution >= 4 is 11.7 Å². The second-order valence-corrected chi connectivity index (χ2v) is 6.39. The fourth-order valence-corrected chi connectivity index (χ4v) is 3.71. The molecule has 0 amide bonds. The van der Waals surface area contributed by atoms with Crippen LogP contribution in [0.1, 0.15) is 37.4 Å². The Labute approximate surface area is 137 Å². The van der Waals surface area contributed by atoms with Gasteiger partial charge in [0.15, 0.2) is 0 Å². The van der Waals surface area contributed by atoms with E-state index in [1.54, 1.807) is 0 Å². The summed E-state index contributed by atoms with van der Waals surface area (Å²) in [6.45, 7) is 0. The number of anilines is 1. The molecule has 3 heteroatoms. The summed E-state index contributed by atoms with van der Waals surface area (Å²) < 4.78 is 6.28. The van der Waals surface area contributed by atoms with Gasteiger partial charge in [-0.1, -0.05) is 61.4 Å². The molecule has 2 aliphatic rings. The van der Waals surface area contributed by atoms with E-state index in [4.69, 9.17) is 9.73 Å². The van der Waals surface area contributed by atoms with Crippen LogP contribution in [-0.2, 0) is 4.74 Å². The Kier molecular flexibility index (Phi) is 4.01. The number of hydrogen-bond acceptors (Lipinski definition) is 3. The number of para-hydroxylation sites is 1. The van der Waals surface area contributed by atoms with E-state index >= 15 is 0 Å². The van der Waals surface area contributed by atoms with Crippen molar-refractivity contribution in [3.05, 3.63) is 66.2 Å². The van der Waals surface area contributed by atoms with Gasteiger partial charge in [0.25, 0.3) is 6.02 Å². The van der Waals surface area contributed by atoms with E-state index in [0.717, 1.165) is 12.1 Å². The van der Waals surface area contributed by atoms with Gasteiger partial charge in [0.1, 0.15) is 6.10 Å². The first-order chi connectivity index (χ1) is 11.4. The Hall–Kier alpha value is -2.29. The molecule has 2 aromatic carbocycles. The Morgan fingerprint density at radius 3 is 2.35 bits per heavy atom. The van der Waals surface area contributed by atoms with Crippen LogP contribution < -0.4 is 5.32 Å². The van der Waals surface area contributed by atoms with E-state index in [1.807, 2.05) is 30.3 Å². The second-order valence-electron chi connectivity index (χ2n) is 6.39. The molecule has 0 saturated heterocycles. The zero-order valence-electron chi connectivity index (χ0n) is 13.2. The highest BCUT2D eigenvalue weighted by Gasteiger charge is 2.38. The number of benzene rings is 2. The van der Waals surface area contributed by atoms with E-state index in [1.165, 1.54) is 24.8 Å². The lowest BCUT2D eigenvalue weighted by molar-refractivity contribution is 0.0628. The Morgan fingerprint density at radius 2 is 1.57 bits per heavy atom. The smallest absolute Gasteiger partial charge is 0.290 e. The van der Waals surface area contributed by atoms with Crippen LogP contribution in [0.5, 0.6) is 0 Å². The first kappa shape index (κ1) is 14.3. The van der Waals surface area contributed by atoms with Crippen LogP contribution in [0.4, 0.5) is 5.69 Å². The molecule has 118 valence electrons. The monoisotopic (exact) mass is 306 g/mol. The first-order valence-electron chi connectivity index (χ1n) is 8.51. The van der Waals surface area contributed by atoms with E-state index in [9.17, 15) is 0 Å². The summed E-state index contributed by atoms with van der Waals surface area (Å²) in [5, 5.41) is 3.34. The predicted molar refractivity (Wildman–Crippen MR) is 93.5 cm³/mol. The summed E-state index contributed by atoms with van der Waals surface area (Å²) in [4.78, 5) is 4.86. The second kappa shape index (κ2) is 6.45. The molecule has 0 bridgehead atoms. The predicted octanol–water partition coefficient (Wildman–Crippen LogP) is 4.78. The molecule has 23 heavy (non-hydrogen) atoms. The summed E-state index contributed by atoms with van der Waals surface area (Å²) in [5.74, 6) is 0.493. The third-order valence-corrected chi connectivity index (χ3v) is 4.85. The fourth-order valence-electron chi connectivity index (χ4n) is 3.71. The maximum Gasteiger partial charge on any atom is 0.290 e. The standard InChI is InChI=1S/C20H22N2O/c1-3-9-15(10-4-1)19-17-13-7-8-14-18(17)22-20(23-19)21-16-11-5-2-6-12-16/h1-6,9-12,17-19H,7-8,13-14H2,(H,21,22)/t17-,18-,19-/m1/s1. The topological polar surface area (TPSA) is 33.6 Å². The third-order valence-electron chi connectivity index (χ3n) is 4.85. The van der Waals surface area contributed by atoms with Gasteiger partial charge in [0.05, 0.1) is 6.04 Å². The molecule has 0 unspecified atom stereocenters. The van der Waals surface area contributed by atoms with Gasteiger partial charge >= 0.3 is 0 Å². The zero-order chi connectivity index (χ0) is 15.5. The molecule has 1 N–H and O–H groups in total. The molecule has 4 rings (SSSR count). The van der Waals surface area contributed by atoms with Crippen LogP contribution in [0.15, 0.2) is 65.7 Å². The molecule has 1 fully saturated rings. The van der Waals surface area contributed by atoms with Gasteiger partial charge in [-0.2, -0.15) is 0 Å². The number of hydrogen-bond donors (Lipinski definition) is 1. The Morgan fingerprint density at radius 1 is 0.870 bits per heavy atom. The van der Waals surface area contributed by atoms with Crippen molar-refractivity contribution in [3.8, 4) is 0 Å². The third kappa shape index (κ3) is 3.09. The zero-order valence-corrected chi connectivity index (χ0v) is 13.2. The molecule has 0 aromatic heterocycles. The van der Waals surface area contributed by atoms with Crippen molar-refractivity contribution in [2.45, 2.75) is 37.8 Å². The van der Waals surface area contributed by atoms with Gasteiger partial charge in [0, 0.05) is 11.6 Å². The Bertz CT molecular complexity index is 669. The van der Waals surface area contributed by atoms with Crippen molar-refractivity contribution in [1.29, 1.82) is 0 Å². The van der Waals surface area contributed by atoms with Gasteiger partial charge in [0.2, 0.25) is 0 Å². The minimum Gasteiger partial charge on any atom is -0.456 e. The highest BCUT2D eigenvalue weighted by atomic mass is 16.5. The lowest BCUT2D eigenvalue weighted by Crippen LogP contribution is -2.38. The highest BCUT2D eigenvalue weighted by Crippen LogP contribution is 2.41. The molecule has 3 atom stereocenters. The number of fused-ring (bicyclic) bond motifs is 1. The molecule has 3 nitrogen and oxygen atoms in total. The minimum atomic E-state index is 0.102. The lowest BCUT2D eigenvalue weighted by Gasteiger charge is -2.39. The van der Waals surface area contributed by atoms with Crippen LogP contribution in [0.2, 0.25) is 0 Å². The average Bonchev–Trinajstić information content (AvgIpc) is 2.63. The number of nitrogens with one attached hydrogen (secondary N) is 1. The normalized spacial score (nSPS) is 26.6. The van der Waals surface area contributed by atoms with Gasteiger partial charge in [-0.15, -0.1) is 0 Å². The highest BCUT2D eigenvalue weighted by molar-refractivity contribution is 5.89. The summed E-state index contributed by atoms with van der Waals surface area (Å²) in [7, 11) is 0. The van der Waals surface area contributed by atoms with Crippen LogP contribution in [-0.4, -0.2) is 12.1 Å². The van der Waals surface area contributed by atoms with E-state index < -0.39 is 0 Å². The van der Waals surface area contributed by atoms with E-state index in [2.05, 4.69) is 35.6 Å². The molecular weight excluding hydrogens is 284 g/mol. The average molecular weight is 306 g/mol. The maximum absolute atomic E-state index is 6.28. The number of rotatable bonds is 2. The number of aliphatic imine (C=N–C) groups is 1. The van der Waals surface area contributed by atoms with Crippen LogP contribution in [0, 0.1) is 5.92 Å². The summed E-state index contributed by atoms with van der Waals surface area (Å²) in [6.07, 6.45) is 5.02. The van der Waals surface area contributed by atoms with Crippen LogP contribution >= 0.6 is 0 Å². The van der Waals surface area contributed by atoms with Crippen LogP contribution in [0.25, 0.3) is 0 Å². The van der Waals surface area contributed by atoms with E-state index in [0.29, 0.717) is 18.0 Å². The maximum atomic E-state index is 6.28. The van der Waals surface area contributed by atoms with Crippen LogP contribution in [0.3, 0.4) is 0 Å². The summed E-state index contributed by atoms with van der Waals surface area (Å²) >= 11 is 0. The van der Waals surface area contributed by atoms with Gasteiger partial charge < -0.3 is 10.1 Å². The molecule has 2 aromatic rings. The fraction of sp³-hybridized carbons (Fsp3) is 0.350. The Balaban J connectivity index is 1.62. The number of ether oxygens (including phenoxy) is 1. The molecule has 1 aliphatic heterocycles. The molecule has 1 heterocycles. The summed E-state index contributed by atoms with van der Waals surface area (Å²) in [5.41, 5.74) is 2.28. The summed E-state index contributed by atoms with van der Waals surface area (Å²) in [6, 6.07) is 21.7. The number of amidine groups is 1. The van der Waals surface area contributed by atoms with Gasteiger partial charge in [-0.3, -0.25) is 0 Å². The molecule has 0 radical (unpaired) electrons. The van der Waals surface area contributed by atoms with Gasteiger partial charge in [-0.25, -0.2) is 4.99 Å². The molecule has 1 aliphatic carbocycles. The van der Waals surface area contributed by atoms with E-state index in [-0.39, 0.29) is 6.10 Å². The lowest BCUT2D eigenvalue weighted by atomic mass is 9.78. The van der Waals surface area contributed by atoms with Crippen molar-refractivity contribution < 1.29 is 4.74 Å². The van der Waals surface area contributed by atoms with Gasteiger partial charge in [-0.05, 0) is 30.5 Å². The molecule has 1 saturated carbocycles.